The smallest absolute Gasteiger partial charge is 0.265 e. The second-order valence-electron chi connectivity index (χ2n) is 5.09. The summed E-state index contributed by atoms with van der Waals surface area (Å²) in [4.78, 5) is 12.4. The third kappa shape index (κ3) is 2.74. The number of halogens is 1. The molecule has 0 aromatic heterocycles. The number of ether oxygens (including phenoxy) is 1. The Kier molecular flexibility index (Phi) is 3.59. The van der Waals surface area contributed by atoms with Crippen molar-refractivity contribution in [1.29, 1.82) is 0 Å². The minimum atomic E-state index is -0.509. The number of hydrogen-bond donors (Lipinski definition) is 2. The highest BCUT2D eigenvalue weighted by molar-refractivity contribution is 9.10. The second kappa shape index (κ2) is 5.41. The van der Waals surface area contributed by atoms with E-state index in [4.69, 9.17) is 10.5 Å². The Hall–Kier alpha value is -2.01. The molecule has 0 radical (unpaired) electrons. The van der Waals surface area contributed by atoms with Crippen LogP contribution in [0.25, 0.3) is 0 Å². The van der Waals surface area contributed by atoms with Crippen LogP contribution in [0.3, 0.4) is 0 Å². The van der Waals surface area contributed by atoms with Gasteiger partial charge in [0.05, 0.1) is 11.4 Å². The minimum Gasteiger partial charge on any atom is -0.480 e. The summed E-state index contributed by atoms with van der Waals surface area (Å²) < 4.78 is 6.57. The zero-order chi connectivity index (χ0) is 15.0. The zero-order valence-electron chi connectivity index (χ0n) is 11.5. The normalized spacial score (nSPS) is 16.2. The maximum Gasteiger partial charge on any atom is 0.265 e. The van der Waals surface area contributed by atoms with E-state index in [2.05, 4.69) is 21.2 Å². The molecule has 0 bridgehead atoms. The topological polar surface area (TPSA) is 64.3 Å². The lowest BCUT2D eigenvalue weighted by Crippen LogP contribution is -2.32. The number of nitrogens with one attached hydrogen (secondary N) is 1. The summed E-state index contributed by atoms with van der Waals surface area (Å²) >= 11 is 3.38. The summed E-state index contributed by atoms with van der Waals surface area (Å²) in [7, 11) is 0. The van der Waals surface area contributed by atoms with Crippen molar-refractivity contribution < 1.29 is 9.53 Å². The molecular formula is C16H15BrN2O2. The van der Waals surface area contributed by atoms with Crippen molar-refractivity contribution in [3.8, 4) is 5.75 Å². The van der Waals surface area contributed by atoms with Gasteiger partial charge >= 0.3 is 0 Å². The Labute approximate surface area is 131 Å². The molecule has 5 heteroatoms. The van der Waals surface area contributed by atoms with Gasteiger partial charge in [0.25, 0.3) is 5.91 Å². The van der Waals surface area contributed by atoms with Gasteiger partial charge in [-0.25, -0.2) is 0 Å². The largest absolute Gasteiger partial charge is 0.480 e. The summed E-state index contributed by atoms with van der Waals surface area (Å²) in [6, 6.07) is 11.4. The lowest BCUT2D eigenvalue weighted by Gasteiger charge is -2.15. The molecule has 0 saturated heterocycles. The van der Waals surface area contributed by atoms with Gasteiger partial charge in [-0.2, -0.15) is 0 Å². The number of nitrogens with two attached hydrogens (primary N) is 1. The van der Waals surface area contributed by atoms with E-state index < -0.39 is 6.10 Å². The first-order chi connectivity index (χ1) is 10.0. The quantitative estimate of drug-likeness (QED) is 0.820. The average molecular weight is 347 g/mol. The van der Waals surface area contributed by atoms with Crippen molar-refractivity contribution in [1.82, 2.24) is 0 Å². The molecule has 0 aliphatic carbocycles. The highest BCUT2D eigenvalue weighted by Crippen LogP contribution is 2.31. The van der Waals surface area contributed by atoms with Gasteiger partial charge < -0.3 is 15.8 Å². The van der Waals surface area contributed by atoms with Gasteiger partial charge in [-0.3, -0.25) is 4.79 Å². The molecule has 2 aromatic carbocycles. The average Bonchev–Trinajstić information content (AvgIpc) is 2.86. The monoisotopic (exact) mass is 346 g/mol. The van der Waals surface area contributed by atoms with Crippen LogP contribution in [0.4, 0.5) is 11.4 Å². The Bertz CT molecular complexity index is 667. The number of nitrogen functional groups attached to an aromatic ring is 1. The van der Waals surface area contributed by atoms with E-state index >= 15 is 0 Å². The summed E-state index contributed by atoms with van der Waals surface area (Å²) in [5.74, 6) is 0.599. The van der Waals surface area contributed by atoms with Crippen LogP contribution in [0.5, 0.6) is 5.75 Å². The summed E-state index contributed by atoms with van der Waals surface area (Å²) in [6.45, 7) is 1.90. The predicted octanol–water partition coefficient (Wildman–Crippen LogP) is 3.28. The van der Waals surface area contributed by atoms with Gasteiger partial charge in [0.15, 0.2) is 6.10 Å². The van der Waals surface area contributed by atoms with Crippen LogP contribution in [-0.2, 0) is 11.2 Å². The van der Waals surface area contributed by atoms with E-state index in [0.717, 1.165) is 21.3 Å². The van der Waals surface area contributed by atoms with Gasteiger partial charge in [0.1, 0.15) is 5.75 Å². The highest BCUT2D eigenvalue weighted by Gasteiger charge is 2.29. The van der Waals surface area contributed by atoms with Crippen LogP contribution < -0.4 is 15.8 Å². The first kappa shape index (κ1) is 13.9. The number of hydrogen-bond acceptors (Lipinski definition) is 3. The van der Waals surface area contributed by atoms with E-state index in [1.807, 2.05) is 37.3 Å². The van der Waals surface area contributed by atoms with E-state index in [1.54, 1.807) is 6.07 Å². The fourth-order valence-electron chi connectivity index (χ4n) is 2.47. The predicted molar refractivity (Wildman–Crippen MR) is 86.5 cm³/mol. The molecule has 3 N–H and O–H groups in total. The number of carbonyl (C=O) groups excluding carboxylic acids is 1. The van der Waals surface area contributed by atoms with Crippen LogP contribution in [0.1, 0.15) is 11.1 Å². The molecule has 3 rings (SSSR count). The highest BCUT2D eigenvalue weighted by atomic mass is 79.9. The molecule has 108 valence electrons. The van der Waals surface area contributed by atoms with E-state index in [1.165, 1.54) is 0 Å². The lowest BCUT2D eigenvalue weighted by molar-refractivity contribution is -0.122. The van der Waals surface area contributed by atoms with Crippen LogP contribution in [0.15, 0.2) is 40.9 Å². The molecule has 0 fully saturated rings. The Morgan fingerprint density at radius 2 is 2.14 bits per heavy atom. The Morgan fingerprint density at radius 3 is 2.86 bits per heavy atom. The second-order valence-corrected chi connectivity index (χ2v) is 6.01. The van der Waals surface area contributed by atoms with E-state index in [9.17, 15) is 4.79 Å². The first-order valence-corrected chi connectivity index (χ1v) is 7.45. The molecule has 1 unspecified atom stereocenters. The molecule has 1 aliphatic rings. The fourth-order valence-corrected chi connectivity index (χ4v) is 3.06. The molecule has 1 atom stereocenters. The number of carbonyl (C=O) groups is 1. The molecule has 0 saturated carbocycles. The standard InChI is InChI=1S/C16H15BrN2O2/c1-9-6-11(17)8-12(18)15(9)19-16(20)14-7-10-4-2-3-5-13(10)21-14/h2-6,8,14H,7,18H2,1H3,(H,19,20). The molecule has 1 aliphatic heterocycles. The van der Waals surface area contributed by atoms with Crippen molar-refractivity contribution in [3.63, 3.8) is 0 Å². The van der Waals surface area contributed by atoms with Gasteiger partial charge in [-0.1, -0.05) is 34.1 Å². The number of para-hydroxylation sites is 1. The van der Waals surface area contributed by atoms with Gasteiger partial charge in [-0.05, 0) is 36.2 Å². The van der Waals surface area contributed by atoms with Gasteiger partial charge in [-0.15, -0.1) is 0 Å². The SMILES string of the molecule is Cc1cc(Br)cc(N)c1NC(=O)C1Cc2ccccc2O1. The molecule has 1 amide bonds. The first-order valence-electron chi connectivity index (χ1n) is 6.65. The Balaban J connectivity index is 1.77. The lowest BCUT2D eigenvalue weighted by atomic mass is 10.1. The number of benzene rings is 2. The van der Waals surface area contributed by atoms with Crippen molar-refractivity contribution in [2.24, 2.45) is 0 Å². The van der Waals surface area contributed by atoms with E-state index in [-0.39, 0.29) is 5.91 Å². The summed E-state index contributed by atoms with van der Waals surface area (Å²) in [5.41, 5.74) is 9.10. The molecule has 0 spiro atoms. The molecule has 4 nitrogen and oxygen atoms in total. The van der Waals surface area contributed by atoms with Crippen LogP contribution in [0.2, 0.25) is 0 Å². The van der Waals surface area contributed by atoms with Gasteiger partial charge in [0.2, 0.25) is 0 Å². The Morgan fingerprint density at radius 1 is 1.38 bits per heavy atom. The van der Waals surface area contributed by atoms with Crippen LogP contribution in [-0.4, -0.2) is 12.0 Å². The molecule has 1 heterocycles. The van der Waals surface area contributed by atoms with Crippen LogP contribution >= 0.6 is 15.9 Å². The van der Waals surface area contributed by atoms with Crippen LogP contribution in [0, 0.1) is 6.92 Å². The molecule has 21 heavy (non-hydrogen) atoms. The van der Waals surface area contributed by atoms with E-state index in [0.29, 0.717) is 17.8 Å². The summed E-state index contributed by atoms with van der Waals surface area (Å²) in [5, 5.41) is 2.87. The number of anilines is 2. The number of aryl methyl sites for hydroxylation is 1. The molecule has 2 aromatic rings. The number of fused-ring (bicyclic) bond motifs is 1. The maximum atomic E-state index is 12.4. The van der Waals surface area contributed by atoms with Crippen molar-refractivity contribution in [2.45, 2.75) is 19.4 Å². The third-order valence-electron chi connectivity index (χ3n) is 3.52. The number of rotatable bonds is 2. The third-order valence-corrected chi connectivity index (χ3v) is 3.98. The molecular weight excluding hydrogens is 332 g/mol. The van der Waals surface area contributed by atoms with Crippen molar-refractivity contribution in [2.75, 3.05) is 11.1 Å². The minimum absolute atomic E-state index is 0.177. The van der Waals surface area contributed by atoms with Gasteiger partial charge in [0, 0.05) is 10.9 Å². The fraction of sp³-hybridized carbons (Fsp3) is 0.188. The maximum absolute atomic E-state index is 12.4. The van der Waals surface area contributed by atoms with Crippen molar-refractivity contribution in [3.05, 3.63) is 52.0 Å². The number of amides is 1. The zero-order valence-corrected chi connectivity index (χ0v) is 13.1. The summed E-state index contributed by atoms with van der Waals surface area (Å²) in [6.07, 6.45) is 0.0714. The van der Waals surface area contributed by atoms with Crippen molar-refractivity contribution >= 4 is 33.2 Å².